The highest BCUT2D eigenvalue weighted by Gasteiger charge is 2.33. The van der Waals surface area contributed by atoms with E-state index in [-0.39, 0.29) is 40.8 Å². The number of carbonyl (C=O) groups excluding carboxylic acids is 1. The molecule has 0 unspecified atom stereocenters. The van der Waals surface area contributed by atoms with Gasteiger partial charge in [-0.05, 0) is 49.1 Å². The number of sulfonamides is 1. The summed E-state index contributed by atoms with van der Waals surface area (Å²) in [6.07, 6.45) is 2.93. The quantitative estimate of drug-likeness (QED) is 0.721. The fourth-order valence-electron chi connectivity index (χ4n) is 3.19. The van der Waals surface area contributed by atoms with E-state index in [0.717, 1.165) is 5.56 Å². The number of hydrogen-bond acceptors (Lipinski definition) is 4. The van der Waals surface area contributed by atoms with E-state index in [1.165, 1.54) is 34.8 Å². The summed E-state index contributed by atoms with van der Waals surface area (Å²) < 4.78 is 39.7. The number of carbonyl (C=O) groups is 1. The van der Waals surface area contributed by atoms with Crippen LogP contribution in [0, 0.1) is 11.7 Å². The zero-order valence-corrected chi connectivity index (χ0v) is 16.7. The van der Waals surface area contributed by atoms with Crippen LogP contribution in [-0.2, 0) is 21.2 Å². The number of halogens is 2. The SMILES string of the molecule is O=C(NCCc1ccc(F)cc1)C1CCN(S(=O)(=O)c2cccnc2Cl)CC1. The van der Waals surface area contributed by atoms with Crippen LogP contribution in [0.15, 0.2) is 47.5 Å². The Morgan fingerprint density at radius 2 is 1.89 bits per heavy atom. The van der Waals surface area contributed by atoms with Crippen molar-refractivity contribution in [3.63, 3.8) is 0 Å². The highest BCUT2D eigenvalue weighted by molar-refractivity contribution is 7.89. The van der Waals surface area contributed by atoms with Crippen molar-refractivity contribution in [3.05, 3.63) is 59.1 Å². The fourth-order valence-corrected chi connectivity index (χ4v) is 5.08. The van der Waals surface area contributed by atoms with Crippen molar-refractivity contribution in [1.82, 2.24) is 14.6 Å². The van der Waals surface area contributed by atoms with Gasteiger partial charge >= 0.3 is 0 Å². The maximum Gasteiger partial charge on any atom is 0.246 e. The van der Waals surface area contributed by atoms with E-state index in [9.17, 15) is 17.6 Å². The molecule has 0 saturated carbocycles. The molecule has 1 saturated heterocycles. The third kappa shape index (κ3) is 4.87. The van der Waals surface area contributed by atoms with E-state index in [2.05, 4.69) is 10.3 Å². The average Bonchev–Trinajstić information content (AvgIpc) is 2.69. The molecule has 1 aliphatic rings. The molecule has 0 bridgehead atoms. The van der Waals surface area contributed by atoms with Crippen molar-refractivity contribution in [2.75, 3.05) is 19.6 Å². The highest BCUT2D eigenvalue weighted by Crippen LogP contribution is 2.27. The van der Waals surface area contributed by atoms with Crippen LogP contribution in [-0.4, -0.2) is 43.2 Å². The Balaban J connectivity index is 1.50. The van der Waals surface area contributed by atoms with Crippen LogP contribution in [0.5, 0.6) is 0 Å². The molecule has 28 heavy (non-hydrogen) atoms. The summed E-state index contributed by atoms with van der Waals surface area (Å²) in [7, 11) is -3.72. The second kappa shape index (κ2) is 8.98. The minimum absolute atomic E-state index is 0.0149. The first-order valence-corrected chi connectivity index (χ1v) is 10.8. The first-order valence-electron chi connectivity index (χ1n) is 9.01. The van der Waals surface area contributed by atoms with Crippen LogP contribution in [0.3, 0.4) is 0 Å². The van der Waals surface area contributed by atoms with Crippen molar-refractivity contribution < 1.29 is 17.6 Å². The molecule has 2 heterocycles. The third-order valence-electron chi connectivity index (χ3n) is 4.79. The van der Waals surface area contributed by atoms with E-state index in [1.54, 1.807) is 12.1 Å². The smallest absolute Gasteiger partial charge is 0.246 e. The lowest BCUT2D eigenvalue weighted by molar-refractivity contribution is -0.126. The minimum Gasteiger partial charge on any atom is -0.356 e. The molecule has 0 aliphatic carbocycles. The summed E-state index contributed by atoms with van der Waals surface area (Å²) >= 11 is 5.92. The van der Waals surface area contributed by atoms with Crippen molar-refractivity contribution in [3.8, 4) is 0 Å². The molecule has 150 valence electrons. The van der Waals surface area contributed by atoms with E-state index in [1.807, 2.05) is 0 Å². The van der Waals surface area contributed by atoms with Crippen molar-refractivity contribution in [2.45, 2.75) is 24.2 Å². The Hall–Kier alpha value is -2.03. The summed E-state index contributed by atoms with van der Waals surface area (Å²) in [5.41, 5.74) is 0.941. The molecule has 6 nitrogen and oxygen atoms in total. The van der Waals surface area contributed by atoms with Gasteiger partial charge in [-0.15, -0.1) is 0 Å². The van der Waals surface area contributed by atoms with Gasteiger partial charge in [0.05, 0.1) is 0 Å². The molecule has 0 radical (unpaired) electrons. The molecule has 1 aliphatic heterocycles. The largest absolute Gasteiger partial charge is 0.356 e. The number of piperidine rings is 1. The van der Waals surface area contributed by atoms with Gasteiger partial charge in [0.25, 0.3) is 0 Å². The lowest BCUT2D eigenvalue weighted by atomic mass is 9.97. The second-order valence-corrected chi connectivity index (χ2v) is 8.90. The van der Waals surface area contributed by atoms with Crippen molar-refractivity contribution in [1.29, 1.82) is 0 Å². The number of nitrogens with one attached hydrogen (secondary N) is 1. The summed E-state index contributed by atoms with van der Waals surface area (Å²) in [6, 6.07) is 9.12. The summed E-state index contributed by atoms with van der Waals surface area (Å²) in [6.45, 7) is 0.960. The molecule has 0 spiro atoms. The molecule has 1 aromatic carbocycles. The van der Waals surface area contributed by atoms with Gasteiger partial charge in [0.2, 0.25) is 15.9 Å². The maximum atomic E-state index is 12.9. The van der Waals surface area contributed by atoms with Gasteiger partial charge in [0.15, 0.2) is 0 Å². The highest BCUT2D eigenvalue weighted by atomic mass is 35.5. The molecular weight excluding hydrogens is 405 g/mol. The topological polar surface area (TPSA) is 79.4 Å². The Morgan fingerprint density at radius 3 is 2.54 bits per heavy atom. The molecule has 2 aromatic rings. The number of rotatable bonds is 6. The van der Waals surface area contributed by atoms with E-state index >= 15 is 0 Å². The van der Waals surface area contributed by atoms with Crippen LogP contribution >= 0.6 is 11.6 Å². The van der Waals surface area contributed by atoms with E-state index in [0.29, 0.717) is 25.8 Å². The van der Waals surface area contributed by atoms with Gasteiger partial charge in [-0.3, -0.25) is 4.79 Å². The average molecular weight is 426 g/mol. The van der Waals surface area contributed by atoms with Gasteiger partial charge in [0.1, 0.15) is 15.9 Å². The lowest BCUT2D eigenvalue weighted by Gasteiger charge is -2.30. The second-order valence-electron chi connectivity index (χ2n) is 6.64. The van der Waals surface area contributed by atoms with Gasteiger partial charge in [-0.2, -0.15) is 4.31 Å². The zero-order chi connectivity index (χ0) is 20.1. The molecule has 1 aromatic heterocycles. The van der Waals surface area contributed by atoms with Gasteiger partial charge in [0, 0.05) is 31.7 Å². The number of amides is 1. The van der Waals surface area contributed by atoms with Gasteiger partial charge in [-0.1, -0.05) is 23.7 Å². The first kappa shape index (κ1) is 20.7. The molecule has 1 N–H and O–H groups in total. The molecule has 3 rings (SSSR count). The number of benzene rings is 1. The molecule has 1 amide bonds. The zero-order valence-electron chi connectivity index (χ0n) is 15.1. The predicted molar refractivity (Wildman–Crippen MR) is 104 cm³/mol. The molecular formula is C19H21ClFN3O3S. The Morgan fingerprint density at radius 1 is 1.21 bits per heavy atom. The van der Waals surface area contributed by atoms with Crippen LogP contribution in [0.2, 0.25) is 5.15 Å². The summed E-state index contributed by atoms with van der Waals surface area (Å²) in [5, 5.41) is 2.83. The number of nitrogens with zero attached hydrogens (tertiary/aromatic N) is 2. The minimum atomic E-state index is -3.72. The van der Waals surface area contributed by atoms with Crippen molar-refractivity contribution >= 4 is 27.5 Å². The Bertz CT molecular complexity index is 930. The lowest BCUT2D eigenvalue weighted by Crippen LogP contribution is -2.43. The molecule has 9 heteroatoms. The van der Waals surface area contributed by atoms with Crippen LogP contribution in [0.1, 0.15) is 18.4 Å². The van der Waals surface area contributed by atoms with Crippen LogP contribution < -0.4 is 5.32 Å². The summed E-state index contributed by atoms with van der Waals surface area (Å²) in [5.74, 6) is -0.607. The van der Waals surface area contributed by atoms with Crippen LogP contribution in [0.25, 0.3) is 0 Å². The number of aromatic nitrogens is 1. The summed E-state index contributed by atoms with van der Waals surface area (Å²) in [4.78, 5) is 16.2. The first-order chi connectivity index (χ1) is 13.4. The Labute approximate surface area is 168 Å². The Kier molecular flexibility index (Phi) is 6.64. The van der Waals surface area contributed by atoms with Gasteiger partial charge < -0.3 is 5.32 Å². The van der Waals surface area contributed by atoms with Gasteiger partial charge in [-0.25, -0.2) is 17.8 Å². The van der Waals surface area contributed by atoms with E-state index < -0.39 is 10.0 Å². The van der Waals surface area contributed by atoms with Crippen LogP contribution in [0.4, 0.5) is 4.39 Å². The normalized spacial score (nSPS) is 16.1. The fraction of sp³-hybridized carbons (Fsp3) is 0.368. The molecule has 1 fully saturated rings. The predicted octanol–water partition coefficient (Wildman–Crippen LogP) is 2.63. The third-order valence-corrected chi connectivity index (χ3v) is 7.14. The number of pyridine rings is 1. The molecule has 0 atom stereocenters. The van der Waals surface area contributed by atoms with E-state index in [4.69, 9.17) is 11.6 Å². The maximum absolute atomic E-state index is 12.9. The van der Waals surface area contributed by atoms with Crippen molar-refractivity contribution in [2.24, 2.45) is 5.92 Å². The monoisotopic (exact) mass is 425 g/mol. The standard InChI is InChI=1S/C19H21ClFN3O3S/c20-18-17(2-1-10-22-18)28(26,27)24-12-8-15(9-13-24)19(25)23-11-7-14-3-5-16(21)6-4-14/h1-6,10,15H,7-9,11-13H2,(H,23,25). The number of hydrogen-bond donors (Lipinski definition) is 1.